The molecule has 4 rings (SSSR count). The minimum Gasteiger partial charge on any atom is -0.494 e. The van der Waals surface area contributed by atoms with Crippen LogP contribution in [-0.2, 0) is 0 Å². The van der Waals surface area contributed by atoms with Gasteiger partial charge in [0.2, 0.25) is 0 Å². The number of halogens is 1. The molecule has 0 unspecified atom stereocenters. The largest absolute Gasteiger partial charge is 0.494 e. The van der Waals surface area contributed by atoms with Crippen molar-refractivity contribution in [3.63, 3.8) is 0 Å². The lowest BCUT2D eigenvalue weighted by atomic mass is 10.0. The van der Waals surface area contributed by atoms with Crippen molar-refractivity contribution in [2.24, 2.45) is 0 Å². The lowest BCUT2D eigenvalue weighted by molar-refractivity contribution is 0.0698. The molecule has 1 aromatic heterocycles. The summed E-state index contributed by atoms with van der Waals surface area (Å²) >= 11 is 0. The highest BCUT2D eigenvalue weighted by Crippen LogP contribution is 2.20. The average molecular weight is 435 g/mol. The predicted octanol–water partition coefficient (Wildman–Crippen LogP) is 4.12. The van der Waals surface area contributed by atoms with Crippen LogP contribution in [0.15, 0.2) is 48.5 Å². The molecule has 0 saturated carbocycles. The molecule has 0 bridgehead atoms. The number of carbonyl (C=O) groups is 2. The Morgan fingerprint density at radius 1 is 1.12 bits per heavy atom. The van der Waals surface area contributed by atoms with Crippen LogP contribution >= 0.6 is 0 Å². The van der Waals surface area contributed by atoms with Crippen molar-refractivity contribution >= 4 is 22.7 Å². The molecule has 1 aliphatic rings. The highest BCUT2D eigenvalue weighted by atomic mass is 19.1. The number of hydrogen-bond donors (Lipinski definition) is 1. The number of nitrogens with one attached hydrogen (secondary N) is 1. The fourth-order valence-electron chi connectivity index (χ4n) is 4.00. The fourth-order valence-corrected chi connectivity index (χ4v) is 4.00. The van der Waals surface area contributed by atoms with Crippen LogP contribution in [0.5, 0.6) is 5.75 Å². The summed E-state index contributed by atoms with van der Waals surface area (Å²) in [4.78, 5) is 31.8. The maximum absolute atomic E-state index is 13.4. The molecule has 0 spiro atoms. The van der Waals surface area contributed by atoms with E-state index in [1.165, 1.54) is 12.1 Å². The Morgan fingerprint density at radius 3 is 2.53 bits per heavy atom. The molecule has 2 amide bonds. The van der Waals surface area contributed by atoms with Gasteiger partial charge < -0.3 is 15.0 Å². The van der Waals surface area contributed by atoms with E-state index in [4.69, 9.17) is 4.74 Å². The third kappa shape index (κ3) is 4.72. The lowest BCUT2D eigenvalue weighted by Gasteiger charge is -2.32. The summed E-state index contributed by atoms with van der Waals surface area (Å²) in [6.45, 7) is 5.40. The monoisotopic (exact) mass is 435 g/mol. The third-order valence-corrected chi connectivity index (χ3v) is 5.74. The number of likely N-dealkylation sites (tertiary alicyclic amines) is 1. The summed E-state index contributed by atoms with van der Waals surface area (Å²) in [5.41, 5.74) is 2.20. The van der Waals surface area contributed by atoms with Crippen LogP contribution in [0.4, 0.5) is 4.39 Å². The topological polar surface area (TPSA) is 71.5 Å². The molecule has 7 heteroatoms. The maximum Gasteiger partial charge on any atom is 0.253 e. The van der Waals surface area contributed by atoms with Crippen LogP contribution < -0.4 is 10.1 Å². The van der Waals surface area contributed by atoms with E-state index < -0.39 is 0 Å². The molecular formula is C25H26FN3O3. The van der Waals surface area contributed by atoms with Gasteiger partial charge in [0.05, 0.1) is 23.4 Å². The molecule has 32 heavy (non-hydrogen) atoms. The molecule has 3 aromatic rings. The van der Waals surface area contributed by atoms with Gasteiger partial charge in [-0.2, -0.15) is 0 Å². The fraction of sp³-hybridized carbons (Fsp3) is 0.320. The zero-order valence-electron chi connectivity index (χ0n) is 18.2. The highest BCUT2D eigenvalue weighted by molar-refractivity contribution is 5.99. The SMILES string of the molecule is CCOc1ccc(C(=O)N2CCC(NC(=O)c3cc4ccc(F)cc4nc3C)CC2)cc1. The van der Waals surface area contributed by atoms with Gasteiger partial charge in [-0.25, -0.2) is 4.39 Å². The molecule has 6 nitrogen and oxygen atoms in total. The molecule has 0 radical (unpaired) electrons. The zero-order valence-corrected chi connectivity index (χ0v) is 18.2. The standard InChI is InChI=1S/C25H26FN3O3/c1-3-32-21-8-5-17(6-9-21)25(31)29-12-10-20(11-13-29)28-24(30)22-14-18-4-7-19(26)15-23(18)27-16(22)2/h4-9,14-15,20H,3,10-13H2,1-2H3,(H,28,30). The third-order valence-electron chi connectivity index (χ3n) is 5.74. The lowest BCUT2D eigenvalue weighted by Crippen LogP contribution is -2.46. The van der Waals surface area contributed by atoms with Crippen molar-refractivity contribution in [2.75, 3.05) is 19.7 Å². The molecule has 1 aliphatic heterocycles. The van der Waals surface area contributed by atoms with E-state index in [-0.39, 0.29) is 23.7 Å². The van der Waals surface area contributed by atoms with Crippen LogP contribution in [0.3, 0.4) is 0 Å². The van der Waals surface area contributed by atoms with Crippen molar-refractivity contribution in [1.82, 2.24) is 15.2 Å². The predicted molar refractivity (Wildman–Crippen MR) is 120 cm³/mol. The molecule has 2 aromatic carbocycles. The van der Waals surface area contributed by atoms with E-state index in [1.54, 1.807) is 43.3 Å². The van der Waals surface area contributed by atoms with Crippen LogP contribution in [0.1, 0.15) is 46.2 Å². The number of hydrogen-bond acceptors (Lipinski definition) is 4. The second kappa shape index (κ2) is 9.34. The van der Waals surface area contributed by atoms with Crippen molar-refractivity contribution < 1.29 is 18.7 Å². The zero-order chi connectivity index (χ0) is 22.7. The number of pyridine rings is 1. The smallest absolute Gasteiger partial charge is 0.253 e. The summed E-state index contributed by atoms with van der Waals surface area (Å²) < 4.78 is 18.9. The van der Waals surface area contributed by atoms with Crippen LogP contribution in [-0.4, -0.2) is 47.4 Å². The van der Waals surface area contributed by atoms with Crippen LogP contribution in [0, 0.1) is 12.7 Å². The Bertz CT molecular complexity index is 1140. The number of carbonyl (C=O) groups excluding carboxylic acids is 2. The van der Waals surface area contributed by atoms with Gasteiger partial charge in [0.15, 0.2) is 0 Å². The molecule has 0 atom stereocenters. The summed E-state index contributed by atoms with van der Waals surface area (Å²) in [6, 6.07) is 13.2. The summed E-state index contributed by atoms with van der Waals surface area (Å²) in [5.74, 6) is 0.180. The van der Waals surface area contributed by atoms with E-state index in [0.717, 1.165) is 11.1 Å². The minimum atomic E-state index is -0.354. The number of nitrogens with zero attached hydrogens (tertiary/aromatic N) is 2. The van der Waals surface area contributed by atoms with Gasteiger partial charge in [0.1, 0.15) is 11.6 Å². The van der Waals surface area contributed by atoms with Gasteiger partial charge in [-0.05, 0) is 69.2 Å². The van der Waals surface area contributed by atoms with Gasteiger partial charge in [-0.15, -0.1) is 0 Å². The van der Waals surface area contributed by atoms with E-state index in [2.05, 4.69) is 10.3 Å². The number of piperidine rings is 1. The summed E-state index contributed by atoms with van der Waals surface area (Å²) in [7, 11) is 0. The number of aromatic nitrogens is 1. The molecule has 0 aliphatic carbocycles. The van der Waals surface area contributed by atoms with Gasteiger partial charge >= 0.3 is 0 Å². The molecule has 2 heterocycles. The summed E-state index contributed by atoms with van der Waals surface area (Å²) in [5, 5.41) is 3.79. The summed E-state index contributed by atoms with van der Waals surface area (Å²) in [6.07, 6.45) is 1.36. The van der Waals surface area contributed by atoms with Gasteiger partial charge in [0, 0.05) is 36.1 Å². The minimum absolute atomic E-state index is 0.0142. The highest BCUT2D eigenvalue weighted by Gasteiger charge is 2.25. The Balaban J connectivity index is 1.36. The van der Waals surface area contributed by atoms with E-state index in [0.29, 0.717) is 54.9 Å². The van der Waals surface area contributed by atoms with Crippen molar-refractivity contribution in [2.45, 2.75) is 32.7 Å². The second-order valence-electron chi connectivity index (χ2n) is 7.96. The maximum atomic E-state index is 13.4. The molecule has 1 saturated heterocycles. The van der Waals surface area contributed by atoms with Gasteiger partial charge in [-0.3, -0.25) is 14.6 Å². The first-order chi connectivity index (χ1) is 15.4. The van der Waals surface area contributed by atoms with Gasteiger partial charge in [-0.1, -0.05) is 0 Å². The van der Waals surface area contributed by atoms with E-state index >= 15 is 0 Å². The quantitative estimate of drug-likeness (QED) is 0.655. The number of rotatable bonds is 5. The van der Waals surface area contributed by atoms with Crippen LogP contribution in [0.2, 0.25) is 0 Å². The molecule has 1 N–H and O–H groups in total. The number of amides is 2. The first-order valence-corrected chi connectivity index (χ1v) is 10.8. The van der Waals surface area contributed by atoms with Crippen molar-refractivity contribution in [1.29, 1.82) is 0 Å². The number of ether oxygens (including phenoxy) is 1. The van der Waals surface area contributed by atoms with Crippen molar-refractivity contribution in [3.05, 3.63) is 71.2 Å². The molecule has 166 valence electrons. The first-order valence-electron chi connectivity index (χ1n) is 10.8. The second-order valence-corrected chi connectivity index (χ2v) is 7.96. The molecular weight excluding hydrogens is 409 g/mol. The van der Waals surface area contributed by atoms with E-state index in [1.807, 2.05) is 11.8 Å². The number of aryl methyl sites for hydroxylation is 1. The van der Waals surface area contributed by atoms with Crippen molar-refractivity contribution in [3.8, 4) is 5.75 Å². The Labute approximate surface area is 186 Å². The van der Waals surface area contributed by atoms with Crippen LogP contribution in [0.25, 0.3) is 10.9 Å². The van der Waals surface area contributed by atoms with E-state index in [9.17, 15) is 14.0 Å². The average Bonchev–Trinajstić information content (AvgIpc) is 2.79. The normalized spacial score (nSPS) is 14.4. The van der Waals surface area contributed by atoms with Gasteiger partial charge in [0.25, 0.3) is 11.8 Å². The Kier molecular flexibility index (Phi) is 6.35. The number of benzene rings is 2. The number of fused-ring (bicyclic) bond motifs is 1. The first kappa shape index (κ1) is 21.7. The Morgan fingerprint density at radius 2 is 1.84 bits per heavy atom. The molecule has 1 fully saturated rings. The Hall–Kier alpha value is -3.48.